The second kappa shape index (κ2) is 7.41. The van der Waals surface area contributed by atoms with Crippen molar-refractivity contribution in [3.05, 3.63) is 54.7 Å². The number of hydrazine groups is 2. The Morgan fingerprint density at radius 2 is 2.15 bits per heavy atom. The molecule has 137 valence electrons. The van der Waals surface area contributed by atoms with Crippen LogP contribution in [0.25, 0.3) is 5.82 Å². The monoisotopic (exact) mass is 367 g/mol. The number of hydrogen-bond donors (Lipinski definition) is 1. The zero-order valence-electron chi connectivity index (χ0n) is 14.2. The van der Waals surface area contributed by atoms with Crippen LogP contribution in [0.2, 0.25) is 0 Å². The number of anilines is 1. The first kappa shape index (κ1) is 17.0. The molecule has 1 radical (unpaired) electrons. The Kier molecular flexibility index (Phi) is 4.65. The lowest BCUT2D eigenvalue weighted by molar-refractivity contribution is -0.161. The molecule has 1 atom stereocenters. The molecular weight excluding hydrogens is 352 g/mol. The van der Waals surface area contributed by atoms with Gasteiger partial charge in [-0.15, -0.1) is 10.2 Å². The average Bonchev–Trinajstić information content (AvgIpc) is 3.36. The number of hydrazone groups is 1. The molecule has 0 saturated heterocycles. The molecule has 4 heterocycles. The highest BCUT2D eigenvalue weighted by molar-refractivity contribution is 5.97. The number of pyridine rings is 2. The summed E-state index contributed by atoms with van der Waals surface area (Å²) < 4.78 is 1.32. The summed E-state index contributed by atoms with van der Waals surface area (Å²) in [7, 11) is 1.48. The molecule has 0 aromatic carbocycles. The zero-order chi connectivity index (χ0) is 18.6. The number of nitrogens with one attached hydrogen (secondary N) is 1. The lowest BCUT2D eigenvalue weighted by Gasteiger charge is -2.26. The van der Waals surface area contributed by atoms with Crippen molar-refractivity contribution < 1.29 is 9.94 Å². The first-order valence-electron chi connectivity index (χ1n) is 8.00. The van der Waals surface area contributed by atoms with Crippen LogP contribution in [0.4, 0.5) is 5.69 Å². The number of rotatable bonds is 6. The lowest BCUT2D eigenvalue weighted by Crippen LogP contribution is -2.45. The molecule has 3 aromatic heterocycles. The minimum Gasteiger partial charge on any atom is -0.263 e. The Morgan fingerprint density at radius 1 is 1.22 bits per heavy atom. The summed E-state index contributed by atoms with van der Waals surface area (Å²) in [5, 5.41) is 31.3. The van der Waals surface area contributed by atoms with Crippen molar-refractivity contribution >= 4 is 11.5 Å². The molecule has 0 aliphatic carbocycles. The van der Waals surface area contributed by atoms with E-state index in [2.05, 4.69) is 36.1 Å². The third kappa shape index (κ3) is 3.31. The van der Waals surface area contributed by atoms with E-state index in [1.807, 2.05) is 6.07 Å². The van der Waals surface area contributed by atoms with Crippen molar-refractivity contribution in [3.8, 4) is 5.82 Å². The fourth-order valence-corrected chi connectivity index (χ4v) is 2.58. The molecule has 3 aromatic rings. The van der Waals surface area contributed by atoms with Crippen LogP contribution < -0.4 is 10.5 Å². The van der Waals surface area contributed by atoms with Gasteiger partial charge in [0.2, 0.25) is 0 Å². The van der Waals surface area contributed by atoms with Crippen molar-refractivity contribution in [1.29, 1.82) is 0 Å². The van der Waals surface area contributed by atoms with E-state index < -0.39 is 6.10 Å². The van der Waals surface area contributed by atoms with E-state index in [4.69, 9.17) is 4.84 Å². The molecule has 27 heavy (non-hydrogen) atoms. The van der Waals surface area contributed by atoms with E-state index in [9.17, 15) is 5.11 Å². The minimum atomic E-state index is -1.28. The summed E-state index contributed by atoms with van der Waals surface area (Å²) in [5.41, 5.74) is 3.37. The number of tetrazole rings is 1. The van der Waals surface area contributed by atoms with E-state index in [1.54, 1.807) is 47.9 Å². The predicted molar refractivity (Wildman–Crippen MR) is 91.1 cm³/mol. The van der Waals surface area contributed by atoms with Crippen LogP contribution in [0.1, 0.15) is 18.3 Å². The molecule has 1 aliphatic rings. The molecule has 0 saturated carbocycles. The summed E-state index contributed by atoms with van der Waals surface area (Å²) in [5.74, 6) is 1.03. The first-order valence-corrected chi connectivity index (χ1v) is 8.00. The molecular formula is C15H15N10O2. The highest BCUT2D eigenvalue weighted by Gasteiger charge is 2.32. The van der Waals surface area contributed by atoms with Gasteiger partial charge in [-0.05, 0) is 34.7 Å². The fraction of sp³-hybridized carbons (Fsp3) is 0.200. The van der Waals surface area contributed by atoms with Crippen molar-refractivity contribution in [3.63, 3.8) is 0 Å². The second-order valence-corrected chi connectivity index (χ2v) is 5.44. The van der Waals surface area contributed by atoms with Crippen LogP contribution in [-0.2, 0) is 9.94 Å². The summed E-state index contributed by atoms with van der Waals surface area (Å²) in [4.78, 5) is 13.5. The quantitative estimate of drug-likeness (QED) is 0.659. The maximum atomic E-state index is 12.9. The number of aromatic nitrogens is 6. The molecule has 0 fully saturated rings. The van der Waals surface area contributed by atoms with E-state index in [0.29, 0.717) is 17.3 Å². The smallest absolute Gasteiger partial charge is 0.190 e. The van der Waals surface area contributed by atoms with Gasteiger partial charge in [0, 0.05) is 24.1 Å². The largest absolute Gasteiger partial charge is 0.263 e. The zero-order valence-corrected chi connectivity index (χ0v) is 14.2. The summed E-state index contributed by atoms with van der Waals surface area (Å²) in [6.45, 7) is 0. The van der Waals surface area contributed by atoms with Gasteiger partial charge in [-0.2, -0.15) is 10.2 Å². The predicted octanol–water partition coefficient (Wildman–Crippen LogP) is 0.431. The third-order valence-electron chi connectivity index (χ3n) is 3.77. The van der Waals surface area contributed by atoms with Gasteiger partial charge in [0.15, 0.2) is 23.6 Å². The molecule has 12 heteroatoms. The number of amidine groups is 1. The van der Waals surface area contributed by atoms with Crippen LogP contribution in [0.3, 0.4) is 0 Å². The van der Waals surface area contributed by atoms with Crippen LogP contribution in [0, 0.1) is 0 Å². The lowest BCUT2D eigenvalue weighted by atomic mass is 10.2. The third-order valence-corrected chi connectivity index (χ3v) is 3.77. The van der Waals surface area contributed by atoms with E-state index in [0.717, 1.165) is 0 Å². The van der Waals surface area contributed by atoms with Crippen LogP contribution in [0.5, 0.6) is 0 Å². The average molecular weight is 367 g/mol. The Hall–Kier alpha value is -3.48. The van der Waals surface area contributed by atoms with Gasteiger partial charge in [-0.3, -0.25) is 9.82 Å². The molecule has 0 amide bonds. The molecule has 0 bridgehead atoms. The Bertz CT molecular complexity index is 917. The first-order chi connectivity index (χ1) is 13.3. The maximum absolute atomic E-state index is 12.9. The van der Waals surface area contributed by atoms with Gasteiger partial charge in [0.05, 0.1) is 19.0 Å². The summed E-state index contributed by atoms with van der Waals surface area (Å²) in [6, 6.07) is 8.87. The van der Waals surface area contributed by atoms with Crippen LogP contribution in [0.15, 0.2) is 54.0 Å². The molecule has 1 aliphatic heterocycles. The SMILES string of the molecule is CON1NN=C(CC([O])c2nnnn2-c2ccccn2)N1c1cccnc1. The summed E-state index contributed by atoms with van der Waals surface area (Å²) >= 11 is 0. The Morgan fingerprint density at radius 3 is 2.89 bits per heavy atom. The van der Waals surface area contributed by atoms with Crippen molar-refractivity contribution in [2.75, 3.05) is 12.1 Å². The van der Waals surface area contributed by atoms with E-state index >= 15 is 0 Å². The van der Waals surface area contributed by atoms with Crippen LogP contribution in [-0.4, -0.2) is 48.4 Å². The van der Waals surface area contributed by atoms with Crippen molar-refractivity contribution in [2.24, 2.45) is 5.10 Å². The molecule has 0 spiro atoms. The highest BCUT2D eigenvalue weighted by atomic mass is 16.8. The highest BCUT2D eigenvalue weighted by Crippen LogP contribution is 2.24. The second-order valence-electron chi connectivity index (χ2n) is 5.44. The van der Waals surface area contributed by atoms with Crippen LogP contribution >= 0.6 is 0 Å². The number of hydrogen-bond acceptors (Lipinski definition) is 10. The van der Waals surface area contributed by atoms with E-state index in [1.165, 1.54) is 17.1 Å². The van der Waals surface area contributed by atoms with Gasteiger partial charge in [-0.1, -0.05) is 6.07 Å². The van der Waals surface area contributed by atoms with Crippen molar-refractivity contribution in [2.45, 2.75) is 12.5 Å². The Labute approximate surface area is 153 Å². The number of nitrogens with zero attached hydrogens (tertiary/aromatic N) is 9. The van der Waals surface area contributed by atoms with Gasteiger partial charge in [0.1, 0.15) is 0 Å². The van der Waals surface area contributed by atoms with Gasteiger partial charge >= 0.3 is 0 Å². The standard InChI is InChI=1S/C15H15N10O2/c1-27-25-21-18-14(24(25)11-5-4-7-16-10-11)9-12(26)15-19-20-22-23(15)13-6-2-3-8-17-13/h2-8,10,12,21H,9H2,1H3. The van der Waals surface area contributed by atoms with E-state index in [-0.39, 0.29) is 12.2 Å². The Balaban J connectivity index is 1.58. The summed E-state index contributed by atoms with van der Waals surface area (Å²) in [6.07, 6.45) is 3.62. The topological polar surface area (TPSA) is 129 Å². The molecule has 1 unspecified atom stereocenters. The maximum Gasteiger partial charge on any atom is 0.190 e. The molecule has 4 rings (SSSR count). The fourth-order valence-electron chi connectivity index (χ4n) is 2.58. The van der Waals surface area contributed by atoms with Gasteiger partial charge in [0.25, 0.3) is 0 Å². The normalized spacial score (nSPS) is 15.5. The molecule has 12 nitrogen and oxygen atoms in total. The minimum absolute atomic E-state index is 0.00889. The molecule has 1 N–H and O–H groups in total. The van der Waals surface area contributed by atoms with Gasteiger partial charge < -0.3 is 0 Å². The van der Waals surface area contributed by atoms with Crippen molar-refractivity contribution in [1.82, 2.24) is 41.0 Å². The van der Waals surface area contributed by atoms with Gasteiger partial charge in [-0.25, -0.2) is 15.1 Å².